The Morgan fingerprint density at radius 1 is 0.511 bits per heavy atom. The lowest BCUT2D eigenvalue weighted by Gasteiger charge is -2.35. The molecule has 3 atom stereocenters. The van der Waals surface area contributed by atoms with Gasteiger partial charge in [-0.25, -0.2) is 23.0 Å². The maximum atomic E-state index is 12.0. The number of piperidine rings is 3. The van der Waals surface area contributed by atoms with Crippen LogP contribution in [-0.2, 0) is 54.6 Å². The number of carbonyl (C=O) groups excluding carboxylic acids is 4. The number of halogens is 1. The fraction of sp³-hybridized carbons (Fsp3) is 0.435. The number of anilines is 14. The summed E-state index contributed by atoms with van der Waals surface area (Å²) in [5.74, 6) is 2.96. The molecule has 11 heterocycles. The molecule has 38 nitrogen and oxygen atoms in total. The standard InChI is InChI=1S/C23H29N7O2.C20H27N7O.C19H24N6O4S.C19H24N6O2S.C7H15NO.C3H3ClO.CH4/c1-3-16-15-24-30-21(16)27-22(29-12-6-5-10-19(29)11-13-31)28-23(30)26-18-9-7-8-17(14-18)25-20(32)4-2;1-2-14-13-22-27-18(14)24-19(26-10-4-3-8-17(26)9-11-28)25-20(27)23-16-7-5-6-15(21)12-16;1-6-12-11-20-25-15(12)23-17(30(5,27)28)24-16(25)21-13-8-7-9-14(10-13)22-18(26)29-19(2,3)4;1-6-12-11-20-25-15(12)23-17(28-5)24-16(25)21-13-8-7-9-14(10-13)22-18(26)27-19(2,3)4;9-6-4-7-3-1-2-5-8-7;1-2-3(4)5;/h4,7-9,14-15,19,31H,2-3,5-6,10-13H2,1H3,(H,25,32)(H,26,27,28);5-7,12-13,17,28H,2-4,8-11,21H2,1H3,(H,23,24,25);7-11H,6H2,1-5H3,(H,22,26)(H,21,23,24);7-11H,6H2,1-5H3,(H,22,26)(H,21,23,24);7-9H,1-6H2;2H,1H2;1H4. The number of hydrogen-bond acceptors (Lipinski definition) is 32. The number of aromatic nitrogens is 16. The second-order valence-corrected chi connectivity index (χ2v) is 36.1. The van der Waals surface area contributed by atoms with Crippen LogP contribution in [0.3, 0.4) is 0 Å². The van der Waals surface area contributed by atoms with Crippen molar-refractivity contribution in [2.45, 2.75) is 219 Å². The molecule has 0 spiro atoms. The molecular weight excluding hydrogens is 1760 g/mol. The number of aliphatic hydroxyl groups excluding tert-OH is 3. The first kappa shape index (κ1) is 104. The number of thioether (sulfide) groups is 1. The van der Waals surface area contributed by atoms with E-state index in [1.807, 2.05) is 107 Å². The van der Waals surface area contributed by atoms with Crippen molar-refractivity contribution in [1.29, 1.82) is 0 Å². The molecule has 41 heteroatoms. The molecule has 13 N–H and O–H groups in total. The second-order valence-electron chi connectivity index (χ2n) is 33.1. The van der Waals surface area contributed by atoms with E-state index in [2.05, 4.69) is 127 Å². The van der Waals surface area contributed by atoms with Gasteiger partial charge in [0.05, 0.1) is 24.8 Å². The third kappa shape index (κ3) is 30.4. The first-order valence-corrected chi connectivity index (χ1v) is 47.6. The second kappa shape index (κ2) is 49.7. The molecule has 3 fully saturated rings. The highest BCUT2D eigenvalue weighted by Gasteiger charge is 2.30. The van der Waals surface area contributed by atoms with Crippen molar-refractivity contribution in [1.82, 2.24) is 83.6 Å². The Morgan fingerprint density at radius 3 is 1.24 bits per heavy atom. The largest absolute Gasteiger partial charge is 0.444 e. The Kier molecular flexibility index (Phi) is 38.8. The van der Waals surface area contributed by atoms with Gasteiger partial charge in [0, 0.05) is 125 Å². The maximum absolute atomic E-state index is 12.0. The summed E-state index contributed by atoms with van der Waals surface area (Å²) >= 11 is 6.18. The van der Waals surface area contributed by atoms with E-state index in [-0.39, 0.29) is 49.7 Å². The number of amides is 3. The minimum Gasteiger partial charge on any atom is -0.444 e. The molecule has 3 aliphatic rings. The summed E-state index contributed by atoms with van der Waals surface area (Å²) in [6, 6.07) is 30.2. The van der Waals surface area contributed by atoms with Crippen LogP contribution in [0.1, 0.15) is 176 Å². The zero-order valence-corrected chi connectivity index (χ0v) is 79.2. The van der Waals surface area contributed by atoms with E-state index in [0.717, 1.165) is 152 Å². The topological polar surface area (TPSA) is 483 Å². The van der Waals surface area contributed by atoms with Crippen molar-refractivity contribution in [2.24, 2.45) is 0 Å². The molecule has 12 aromatic rings. The van der Waals surface area contributed by atoms with Crippen molar-refractivity contribution in [3.8, 4) is 0 Å². The molecule has 0 saturated carbocycles. The number of aryl methyl sites for hydroxylation is 4. The molecule has 8 aromatic heterocycles. The molecule has 0 bridgehead atoms. The van der Waals surface area contributed by atoms with E-state index in [1.54, 1.807) is 83.1 Å². The molecule has 3 saturated heterocycles. The van der Waals surface area contributed by atoms with Gasteiger partial charge < -0.3 is 72.2 Å². The number of sulfone groups is 1. The summed E-state index contributed by atoms with van der Waals surface area (Å²) in [7, 11) is -3.63. The van der Waals surface area contributed by atoms with Gasteiger partial charge in [0.2, 0.25) is 56.7 Å². The van der Waals surface area contributed by atoms with Crippen LogP contribution in [0.15, 0.2) is 157 Å². The van der Waals surface area contributed by atoms with Gasteiger partial charge in [0.25, 0.3) is 5.16 Å². The van der Waals surface area contributed by atoms with Crippen molar-refractivity contribution < 1.29 is 52.4 Å². The van der Waals surface area contributed by atoms with Crippen LogP contribution in [0, 0.1) is 0 Å². The quantitative estimate of drug-likeness (QED) is 0.00984. The van der Waals surface area contributed by atoms with E-state index >= 15 is 0 Å². The van der Waals surface area contributed by atoms with Gasteiger partial charge in [0.1, 0.15) is 11.2 Å². The smallest absolute Gasteiger partial charge is 0.412 e. The third-order valence-corrected chi connectivity index (χ3v) is 22.3. The summed E-state index contributed by atoms with van der Waals surface area (Å²) in [4.78, 5) is 86.3. The Morgan fingerprint density at radius 2 is 0.880 bits per heavy atom. The Balaban J connectivity index is 0.000000189. The van der Waals surface area contributed by atoms with Crippen molar-refractivity contribution in [3.05, 3.63) is 169 Å². The molecule has 3 aliphatic heterocycles. The minimum absolute atomic E-state index is 0. The molecule has 0 aliphatic carbocycles. The van der Waals surface area contributed by atoms with Crippen LogP contribution in [0.2, 0.25) is 0 Å². The summed E-state index contributed by atoms with van der Waals surface area (Å²) in [5, 5.41) is 69.6. The van der Waals surface area contributed by atoms with Crippen molar-refractivity contribution in [2.75, 3.05) is 105 Å². The summed E-state index contributed by atoms with van der Waals surface area (Å²) in [5.41, 5.74) is 16.9. The number of nitrogen functional groups attached to an aromatic ring is 1. The Hall–Kier alpha value is -12.7. The lowest BCUT2D eigenvalue weighted by atomic mass is 10.0. The number of rotatable bonds is 27. The monoisotopic (exact) mass is 1880 g/mol. The third-order valence-electron chi connectivity index (χ3n) is 20.7. The molecule has 133 heavy (non-hydrogen) atoms. The Labute approximate surface area is 785 Å². The normalized spacial score (nSPS) is 14.8. The summed E-state index contributed by atoms with van der Waals surface area (Å²) < 4.78 is 41.2. The number of nitrogens with one attached hydrogen (secondary N) is 8. The molecule has 3 amide bonds. The van der Waals surface area contributed by atoms with E-state index in [4.69, 9.17) is 51.9 Å². The van der Waals surface area contributed by atoms with Crippen LogP contribution in [-0.4, -0.2) is 207 Å². The van der Waals surface area contributed by atoms with Gasteiger partial charge in [-0.1, -0.05) is 90.7 Å². The van der Waals surface area contributed by atoms with Crippen LogP contribution in [0.5, 0.6) is 0 Å². The predicted molar refractivity (Wildman–Crippen MR) is 526 cm³/mol. The van der Waals surface area contributed by atoms with E-state index in [1.165, 1.54) is 48.0 Å². The van der Waals surface area contributed by atoms with E-state index in [9.17, 15) is 37.8 Å². The average molecular weight is 1890 g/mol. The van der Waals surface area contributed by atoms with Gasteiger partial charge >= 0.3 is 12.2 Å². The molecule has 4 aromatic carbocycles. The fourth-order valence-corrected chi connectivity index (χ4v) is 15.3. The van der Waals surface area contributed by atoms with Crippen molar-refractivity contribution >= 4 is 160 Å². The highest BCUT2D eigenvalue weighted by Crippen LogP contribution is 2.33. The molecule has 15 rings (SSSR count). The molecular formula is C92H126ClN27O11S2. The zero-order valence-electron chi connectivity index (χ0n) is 76.8. The van der Waals surface area contributed by atoms with Gasteiger partial charge in [-0.15, -0.1) is 0 Å². The predicted octanol–water partition coefficient (Wildman–Crippen LogP) is 15.8. The number of benzene rings is 4. The number of hydrogen-bond donors (Lipinski definition) is 12. The van der Waals surface area contributed by atoms with Crippen LogP contribution < -0.4 is 58.1 Å². The highest BCUT2D eigenvalue weighted by molar-refractivity contribution is 7.98. The number of nitrogens with zero attached hydrogens (tertiary/aromatic N) is 18. The lowest BCUT2D eigenvalue weighted by molar-refractivity contribution is -0.112. The van der Waals surface area contributed by atoms with Gasteiger partial charge in [-0.3, -0.25) is 20.2 Å². The SMILES string of the molecule is C.C=CC(=O)Cl.C=CC(=O)Nc1cccc(Nc2nc(N3CCCCC3CCO)nc3c(CC)cnn23)c1.CCc1cnn2c(Nc3cccc(N)c3)nc(N3CCCCC3CCO)nc12.CCc1cnn2c(Nc3cccc(NC(=O)OC(C)(C)C)c3)nc(S(C)(=O)=O)nc12.CCc1cnn2c(Nc3cccc(NC(=O)OC(C)(C)C)c3)nc(SC)nc12.OCCC1CCCCN1. The first-order chi connectivity index (χ1) is 63.3. The molecule has 3 unspecified atom stereocenters. The van der Waals surface area contributed by atoms with Gasteiger partial charge in [-0.05, 0) is 247 Å². The number of fused-ring (bicyclic) bond motifs is 4. The number of nitrogens with two attached hydrogens (primary N) is 1. The number of aliphatic hydroxyl groups is 3. The van der Waals surface area contributed by atoms with Crippen LogP contribution >= 0.6 is 23.4 Å². The van der Waals surface area contributed by atoms with Crippen LogP contribution in [0.25, 0.3) is 22.6 Å². The maximum Gasteiger partial charge on any atom is 0.412 e. The number of carbonyl (C=O) groups is 4. The average Bonchev–Trinajstić information content (AvgIpc) is 1.69. The van der Waals surface area contributed by atoms with Crippen LogP contribution in [0.4, 0.5) is 90.8 Å². The van der Waals surface area contributed by atoms with Gasteiger partial charge in [-0.2, -0.15) is 73.3 Å². The number of ether oxygens (including phenoxy) is 2. The van der Waals surface area contributed by atoms with Gasteiger partial charge in [0.15, 0.2) is 27.7 Å². The highest BCUT2D eigenvalue weighted by atomic mass is 35.5. The minimum atomic E-state index is -3.63. The zero-order chi connectivity index (χ0) is 95.2. The number of allylic oxidation sites excluding steroid dienone is 1. The lowest BCUT2D eigenvalue weighted by Crippen LogP contribution is -2.41. The summed E-state index contributed by atoms with van der Waals surface area (Å²) in [6.07, 6.45) is 27.2. The molecule has 0 radical (unpaired) electrons. The van der Waals surface area contributed by atoms with E-state index < -0.39 is 38.5 Å². The Bertz CT molecular complexity index is 6000. The fourth-order valence-electron chi connectivity index (χ4n) is 14.4. The van der Waals surface area contributed by atoms with Crippen molar-refractivity contribution in [3.63, 3.8) is 0 Å². The summed E-state index contributed by atoms with van der Waals surface area (Å²) in [6.45, 7) is 29.1. The van der Waals surface area contributed by atoms with E-state index in [0.29, 0.717) is 94.5 Å². The molecule has 714 valence electrons. The first-order valence-electron chi connectivity index (χ1n) is 44.1.